The smallest absolute Gasteiger partial charge is 0.0267 e. The monoisotopic (exact) mass is 2250 g/mol. The molecule has 0 saturated heterocycles. The molecule has 0 atom stereocenters. The maximum Gasteiger partial charge on any atom is 0.0267 e. The molecule has 15 rings (SSSR count). The molecular weight excluding hydrogens is 2120 g/mol. The van der Waals surface area contributed by atoms with Crippen molar-refractivity contribution in [3.05, 3.63) is 392 Å². The van der Waals surface area contributed by atoms with Crippen molar-refractivity contribution in [1.82, 2.24) is 29.7 Å². The minimum atomic E-state index is -0.106. The second-order valence-corrected chi connectivity index (χ2v) is 40.5. The van der Waals surface area contributed by atoms with E-state index in [0.717, 1.165) is 168 Å². The first-order valence-corrected chi connectivity index (χ1v) is 58.2. The Balaban J connectivity index is 0.000000242. The molecule has 0 bridgehead atoms. The summed E-state index contributed by atoms with van der Waals surface area (Å²) in [5, 5.41) is 0.683. The van der Waals surface area contributed by atoms with E-state index in [2.05, 4.69) is 295 Å². The first-order chi connectivity index (χ1) is 66.0. The third-order valence-electron chi connectivity index (χ3n) is 22.0. The standard InChI is InChI=1S/3C32H40N2O2.C5H4ClN.2C5H5N.6ClH.3Pd/c3*1-6-29-21-30(36-22-28-12-8-7-9-13-28)20-27(5)32(29)35-17-11-10-14-33-15-16-34(23-33)31-25(3)18-24(2)19-26(31)4;6-5-2-1-3-7-4-5;2*1-2-4-6-5-3-1;;;;;;;;;/h3*7-9,12-13,15-16,18-21H,6,10-11,14,17,22-23H2,1-5H3;1-4H;2*1-5H;6*1H;;;/q;;;;;;;;;;;;3*+2/p-6. The Kier molecular flexibility index (Phi) is 55.4. The molecule has 0 saturated carbocycles. The second kappa shape index (κ2) is 66.0. The van der Waals surface area contributed by atoms with Crippen LogP contribution in [0.4, 0.5) is 17.1 Å². The van der Waals surface area contributed by atoms with Crippen LogP contribution in [-0.2, 0) is 86.9 Å². The van der Waals surface area contributed by atoms with Gasteiger partial charge in [0.1, 0.15) is 54.3 Å². The number of unbranched alkanes of at least 4 members (excludes halogenated alkanes) is 3. The SMILES string of the molecule is CCc1cc(OCc2ccccc2)cc(C)c1OCCCCN1C=CN(c2c(C)cc(C)cc2C)C1.CCc1cc(OCc2ccccc2)cc(C)c1OCCCCN1C=CN(c2c(C)cc(C)cc2C)C1.CCc1cc(OCc2ccccc2)cc(C)c1OCCCCN1C=CN(c2c(C)cc(C)cc2C)C1.Clc1cccnc1.[Cl][Pd][Cl].[Cl][Pd][Cl].[Cl][Pd][Cl].c1ccncc1.c1ccncc1. The summed E-state index contributed by atoms with van der Waals surface area (Å²) in [6.45, 7) is 42.4. The zero-order valence-corrected chi connectivity index (χ0v) is 91.0. The van der Waals surface area contributed by atoms with Crippen LogP contribution in [0.2, 0.25) is 5.02 Å². The number of ether oxygens (including phenoxy) is 6. The van der Waals surface area contributed by atoms with Crippen LogP contribution in [0.25, 0.3) is 0 Å². The number of hydrogen-bond donors (Lipinski definition) is 0. The number of anilines is 3. The first kappa shape index (κ1) is 114. The molecule has 0 radical (unpaired) electrons. The van der Waals surface area contributed by atoms with Crippen LogP contribution in [-0.4, -0.2) is 89.1 Å². The molecule has 0 N–H and O–H groups in total. The number of benzene rings is 9. The Hall–Kier alpha value is -8.73. The van der Waals surface area contributed by atoms with E-state index in [4.69, 9.17) is 97.2 Å². The van der Waals surface area contributed by atoms with Crippen LogP contribution < -0.4 is 43.1 Å². The van der Waals surface area contributed by atoms with Crippen LogP contribution >= 0.6 is 68.8 Å². The van der Waals surface area contributed by atoms with Crippen molar-refractivity contribution in [3.63, 3.8) is 0 Å². The molecule has 25 heteroatoms. The minimum Gasteiger partial charge on any atom is -0.265 e. The molecule has 9 aromatic carbocycles. The molecule has 12 aromatic rings. The Morgan fingerprint density at radius 1 is 0.287 bits per heavy atom. The second-order valence-electron chi connectivity index (χ2n) is 33.0. The molecule has 6 heterocycles. The van der Waals surface area contributed by atoms with Gasteiger partial charge in [0.15, 0.2) is 0 Å². The third-order valence-corrected chi connectivity index (χ3v) is 22.2. The van der Waals surface area contributed by atoms with Crippen molar-refractivity contribution in [3.8, 4) is 34.5 Å². The van der Waals surface area contributed by atoms with E-state index in [-0.39, 0.29) is 47.8 Å². The first-order valence-electron chi connectivity index (χ1n) is 45.8. The third kappa shape index (κ3) is 41.7. The fourth-order valence-corrected chi connectivity index (χ4v) is 16.3. The van der Waals surface area contributed by atoms with Gasteiger partial charge in [-0.25, -0.2) is 0 Å². The topological polar surface area (TPSA) is 113 Å². The van der Waals surface area contributed by atoms with E-state index in [0.29, 0.717) is 24.8 Å². The molecule has 0 spiro atoms. The van der Waals surface area contributed by atoms with E-state index in [1.807, 2.05) is 91.0 Å². The fourth-order valence-electron chi connectivity index (χ4n) is 16.2. The van der Waals surface area contributed by atoms with Gasteiger partial charge >= 0.3 is 105 Å². The average Bonchev–Trinajstić information content (AvgIpc) is 1.64. The van der Waals surface area contributed by atoms with E-state index < -0.39 is 0 Å². The maximum atomic E-state index is 6.27. The van der Waals surface area contributed by atoms with Gasteiger partial charge in [-0.1, -0.05) is 189 Å². The van der Waals surface area contributed by atoms with Crippen LogP contribution in [0, 0.1) is 83.1 Å². The van der Waals surface area contributed by atoms with Gasteiger partial charge in [-0.2, -0.15) is 0 Å². The number of pyridine rings is 3. The van der Waals surface area contributed by atoms with Gasteiger partial charge in [0.2, 0.25) is 0 Å². The summed E-state index contributed by atoms with van der Waals surface area (Å²) in [6.07, 6.45) is 32.7. The zero-order valence-electron chi connectivity index (χ0n) is 81.1. The molecule has 3 aromatic heterocycles. The molecule has 15 nitrogen and oxygen atoms in total. The van der Waals surface area contributed by atoms with Crippen molar-refractivity contribution in [2.75, 3.05) is 74.2 Å². The summed E-state index contributed by atoms with van der Waals surface area (Å²) in [5.41, 5.74) is 26.6. The summed E-state index contributed by atoms with van der Waals surface area (Å²) in [4.78, 5) is 25.6. The largest absolute Gasteiger partial charge is 0.265 e. The molecule has 0 amide bonds. The number of hydrogen-bond acceptors (Lipinski definition) is 15. The number of nitrogens with zero attached hydrogens (tertiary/aromatic N) is 9. The quantitative estimate of drug-likeness (QED) is 0.0287. The molecule has 136 heavy (non-hydrogen) atoms. The van der Waals surface area contributed by atoms with E-state index in [1.54, 1.807) is 49.3 Å². The predicted octanol–water partition coefficient (Wildman–Crippen LogP) is 30.4. The Labute approximate surface area is 865 Å². The molecule has 3 aliphatic heterocycles. The summed E-state index contributed by atoms with van der Waals surface area (Å²) < 4.78 is 37.0. The van der Waals surface area contributed by atoms with Crippen molar-refractivity contribution >= 4 is 85.8 Å². The van der Waals surface area contributed by atoms with Crippen molar-refractivity contribution < 1.29 is 76.2 Å². The van der Waals surface area contributed by atoms with Gasteiger partial charge in [-0.05, 0) is 297 Å². The van der Waals surface area contributed by atoms with Gasteiger partial charge in [-0.3, -0.25) is 15.0 Å². The minimum absolute atomic E-state index is 0.106. The van der Waals surface area contributed by atoms with Gasteiger partial charge < -0.3 is 57.8 Å². The van der Waals surface area contributed by atoms with Crippen molar-refractivity contribution in [2.45, 2.75) is 181 Å². The molecule has 0 unspecified atom stereocenters. The van der Waals surface area contributed by atoms with Crippen LogP contribution in [0.15, 0.2) is 287 Å². The number of rotatable bonds is 33. The molecule has 0 fully saturated rings. The molecule has 738 valence electrons. The fraction of sp³-hybridized carbons (Fsp3) is 0.324. The van der Waals surface area contributed by atoms with Gasteiger partial charge in [0, 0.05) is 111 Å². The van der Waals surface area contributed by atoms with Crippen molar-refractivity contribution in [2.24, 2.45) is 0 Å². The average molecular weight is 2260 g/mol. The number of aromatic nitrogens is 3. The number of aryl methyl sites for hydroxylation is 15. The summed E-state index contributed by atoms with van der Waals surface area (Å²) >= 11 is 5.16. The van der Waals surface area contributed by atoms with Gasteiger partial charge in [0.25, 0.3) is 0 Å². The Morgan fingerprint density at radius 2 is 0.544 bits per heavy atom. The Morgan fingerprint density at radius 3 is 0.757 bits per heavy atom. The van der Waals surface area contributed by atoms with Crippen LogP contribution in [0.1, 0.15) is 159 Å². The zero-order chi connectivity index (χ0) is 98.2. The van der Waals surface area contributed by atoms with E-state index in [1.165, 1.54) is 101 Å². The molecule has 0 aliphatic carbocycles. The summed E-state index contributed by atoms with van der Waals surface area (Å²) in [6, 6.07) is 72.1. The van der Waals surface area contributed by atoms with Crippen LogP contribution in [0.5, 0.6) is 34.5 Å². The van der Waals surface area contributed by atoms with Gasteiger partial charge in [-0.15, -0.1) is 0 Å². The normalized spacial score (nSPS) is 11.9. The van der Waals surface area contributed by atoms with Gasteiger partial charge in [0.05, 0.1) is 44.8 Å². The summed E-state index contributed by atoms with van der Waals surface area (Å²) in [7, 11) is 28.9. The molecular formula is C111H134Cl7N9O6Pd3. The molecule has 3 aliphatic rings. The van der Waals surface area contributed by atoms with Crippen LogP contribution in [0.3, 0.4) is 0 Å². The van der Waals surface area contributed by atoms with E-state index in [9.17, 15) is 0 Å². The maximum absolute atomic E-state index is 6.27. The Bertz CT molecular complexity index is 4880. The van der Waals surface area contributed by atoms with Crippen molar-refractivity contribution in [1.29, 1.82) is 0 Å². The number of halogens is 7. The predicted molar refractivity (Wildman–Crippen MR) is 563 cm³/mol. The summed E-state index contributed by atoms with van der Waals surface area (Å²) in [5.74, 6) is 5.77. The van der Waals surface area contributed by atoms with E-state index >= 15 is 0 Å².